The molecule has 110 valence electrons. The van der Waals surface area contributed by atoms with Crippen LogP contribution in [0.3, 0.4) is 0 Å². The van der Waals surface area contributed by atoms with Crippen molar-refractivity contribution in [2.45, 2.75) is 20.5 Å². The summed E-state index contributed by atoms with van der Waals surface area (Å²) >= 11 is 0. The number of aryl methyl sites for hydroxylation is 1. The topological polar surface area (TPSA) is 77.3 Å². The quantitative estimate of drug-likeness (QED) is 0.651. The monoisotopic (exact) mass is 287 g/mol. The van der Waals surface area contributed by atoms with E-state index < -0.39 is 4.92 Å². The summed E-state index contributed by atoms with van der Waals surface area (Å²) in [7, 11) is 0. The number of nitro groups is 1. The van der Waals surface area contributed by atoms with Crippen LogP contribution in [0, 0.1) is 17.0 Å². The lowest BCUT2D eigenvalue weighted by atomic mass is 10.2. The van der Waals surface area contributed by atoms with Gasteiger partial charge in [-0.05, 0) is 31.5 Å². The van der Waals surface area contributed by atoms with E-state index in [2.05, 4.69) is 10.3 Å². The number of ether oxygens (including phenoxy) is 1. The highest BCUT2D eigenvalue weighted by Gasteiger charge is 2.14. The molecule has 0 saturated carbocycles. The summed E-state index contributed by atoms with van der Waals surface area (Å²) < 4.78 is 5.56. The molecule has 0 aliphatic carbocycles. The first-order valence-electron chi connectivity index (χ1n) is 6.66. The maximum Gasteiger partial charge on any atom is 0.310 e. The van der Waals surface area contributed by atoms with Gasteiger partial charge in [0.15, 0.2) is 5.75 Å². The average molecular weight is 287 g/mol. The van der Waals surface area contributed by atoms with E-state index in [1.807, 2.05) is 26.0 Å². The third-order valence-electron chi connectivity index (χ3n) is 2.89. The number of hydrogen-bond acceptors (Lipinski definition) is 5. The molecule has 1 heterocycles. The summed E-state index contributed by atoms with van der Waals surface area (Å²) in [5.74, 6) is 1.07. The van der Waals surface area contributed by atoms with Gasteiger partial charge in [-0.15, -0.1) is 0 Å². The fourth-order valence-electron chi connectivity index (χ4n) is 1.84. The van der Waals surface area contributed by atoms with Gasteiger partial charge in [-0.2, -0.15) is 0 Å². The molecule has 0 saturated heterocycles. The van der Waals surface area contributed by atoms with Crippen molar-refractivity contribution in [2.75, 3.05) is 11.9 Å². The number of nitro benzene ring substituents is 1. The summed E-state index contributed by atoms with van der Waals surface area (Å²) in [6.07, 6.45) is 1.69. The molecule has 0 radical (unpaired) electrons. The first-order chi connectivity index (χ1) is 10.1. The maximum atomic E-state index is 11.0. The van der Waals surface area contributed by atoms with E-state index in [1.165, 1.54) is 6.07 Å². The zero-order valence-electron chi connectivity index (χ0n) is 12.0. The molecule has 0 unspecified atom stereocenters. The van der Waals surface area contributed by atoms with E-state index in [0.717, 1.165) is 23.5 Å². The standard InChI is InChI=1S/C15H17N3O3/c1-3-16-15-7-5-12(9-17-15)10-21-14-8-11(2)4-6-13(14)18(19)20/h4-9H,3,10H2,1-2H3,(H,16,17). The smallest absolute Gasteiger partial charge is 0.310 e. The van der Waals surface area contributed by atoms with Crippen molar-refractivity contribution in [2.24, 2.45) is 0 Å². The van der Waals surface area contributed by atoms with Gasteiger partial charge in [0, 0.05) is 24.4 Å². The van der Waals surface area contributed by atoms with Gasteiger partial charge in [0.05, 0.1) is 4.92 Å². The Bertz CT molecular complexity index is 627. The van der Waals surface area contributed by atoms with Crippen LogP contribution in [0.4, 0.5) is 11.5 Å². The van der Waals surface area contributed by atoms with Crippen LogP contribution in [0.15, 0.2) is 36.5 Å². The van der Waals surface area contributed by atoms with E-state index in [4.69, 9.17) is 4.74 Å². The van der Waals surface area contributed by atoms with E-state index in [9.17, 15) is 10.1 Å². The van der Waals surface area contributed by atoms with E-state index in [-0.39, 0.29) is 18.0 Å². The molecular formula is C15H17N3O3. The Morgan fingerprint density at radius 3 is 2.76 bits per heavy atom. The van der Waals surface area contributed by atoms with Crippen LogP contribution in [0.5, 0.6) is 5.75 Å². The van der Waals surface area contributed by atoms with Gasteiger partial charge in [0.1, 0.15) is 12.4 Å². The summed E-state index contributed by atoms with van der Waals surface area (Å²) in [6.45, 7) is 4.90. The maximum absolute atomic E-state index is 11.0. The van der Waals surface area contributed by atoms with E-state index in [0.29, 0.717) is 0 Å². The van der Waals surface area contributed by atoms with Crippen LogP contribution in [0.2, 0.25) is 0 Å². The fourth-order valence-corrected chi connectivity index (χ4v) is 1.84. The predicted octanol–water partition coefficient (Wildman–Crippen LogP) is 3.31. The van der Waals surface area contributed by atoms with Crippen LogP contribution in [0.1, 0.15) is 18.1 Å². The first kappa shape index (κ1) is 14.8. The lowest BCUT2D eigenvalue weighted by Gasteiger charge is -2.08. The van der Waals surface area contributed by atoms with Crippen molar-refractivity contribution in [3.63, 3.8) is 0 Å². The normalized spacial score (nSPS) is 10.2. The predicted molar refractivity (Wildman–Crippen MR) is 80.6 cm³/mol. The fraction of sp³-hybridized carbons (Fsp3) is 0.267. The number of benzene rings is 1. The molecule has 1 aromatic heterocycles. The molecule has 21 heavy (non-hydrogen) atoms. The van der Waals surface area contributed by atoms with Crippen LogP contribution in [-0.2, 0) is 6.61 Å². The molecule has 0 atom stereocenters. The molecule has 1 N–H and O–H groups in total. The minimum atomic E-state index is -0.443. The third kappa shape index (κ3) is 3.92. The summed E-state index contributed by atoms with van der Waals surface area (Å²) in [5, 5.41) is 14.1. The SMILES string of the molecule is CCNc1ccc(COc2cc(C)ccc2[N+](=O)[O-])cn1. The van der Waals surface area contributed by atoms with Crippen molar-refractivity contribution in [3.8, 4) is 5.75 Å². The molecule has 0 aliphatic heterocycles. The van der Waals surface area contributed by atoms with E-state index >= 15 is 0 Å². The lowest BCUT2D eigenvalue weighted by Crippen LogP contribution is -2.02. The van der Waals surface area contributed by atoms with Gasteiger partial charge in [0.2, 0.25) is 0 Å². The Labute approximate surface area is 122 Å². The summed E-state index contributed by atoms with van der Waals surface area (Å²) in [5.41, 5.74) is 1.74. The number of nitrogens with one attached hydrogen (secondary N) is 1. The van der Waals surface area contributed by atoms with Gasteiger partial charge in [0.25, 0.3) is 0 Å². The number of hydrogen-bond donors (Lipinski definition) is 1. The Morgan fingerprint density at radius 2 is 2.14 bits per heavy atom. The number of anilines is 1. The molecule has 0 aliphatic rings. The van der Waals surface area contributed by atoms with Crippen molar-refractivity contribution in [3.05, 3.63) is 57.8 Å². The van der Waals surface area contributed by atoms with Gasteiger partial charge < -0.3 is 10.1 Å². The molecule has 2 rings (SSSR count). The highest BCUT2D eigenvalue weighted by atomic mass is 16.6. The molecule has 6 heteroatoms. The highest BCUT2D eigenvalue weighted by Crippen LogP contribution is 2.28. The zero-order valence-corrected chi connectivity index (χ0v) is 12.0. The highest BCUT2D eigenvalue weighted by molar-refractivity contribution is 5.48. The second-order valence-corrected chi connectivity index (χ2v) is 4.60. The van der Waals surface area contributed by atoms with E-state index in [1.54, 1.807) is 18.3 Å². The number of rotatable bonds is 6. The van der Waals surface area contributed by atoms with Crippen molar-refractivity contribution in [1.29, 1.82) is 0 Å². The lowest BCUT2D eigenvalue weighted by molar-refractivity contribution is -0.386. The van der Waals surface area contributed by atoms with Gasteiger partial charge in [-0.25, -0.2) is 4.98 Å². The van der Waals surface area contributed by atoms with Crippen LogP contribution >= 0.6 is 0 Å². The van der Waals surface area contributed by atoms with Crippen LogP contribution < -0.4 is 10.1 Å². The van der Waals surface area contributed by atoms with Gasteiger partial charge in [-0.3, -0.25) is 10.1 Å². The number of aromatic nitrogens is 1. The Morgan fingerprint density at radius 1 is 1.33 bits per heavy atom. The second-order valence-electron chi connectivity index (χ2n) is 4.60. The Kier molecular flexibility index (Phi) is 4.71. The largest absolute Gasteiger partial charge is 0.482 e. The molecule has 0 bridgehead atoms. The minimum Gasteiger partial charge on any atom is -0.482 e. The van der Waals surface area contributed by atoms with Crippen molar-refractivity contribution in [1.82, 2.24) is 4.98 Å². The molecule has 6 nitrogen and oxygen atoms in total. The van der Waals surface area contributed by atoms with Crippen molar-refractivity contribution >= 4 is 11.5 Å². The number of nitrogens with zero attached hydrogens (tertiary/aromatic N) is 2. The third-order valence-corrected chi connectivity index (χ3v) is 2.89. The Hall–Kier alpha value is -2.63. The molecule has 2 aromatic rings. The summed E-state index contributed by atoms with van der Waals surface area (Å²) in [6, 6.07) is 8.55. The average Bonchev–Trinajstić information content (AvgIpc) is 2.46. The van der Waals surface area contributed by atoms with Crippen LogP contribution in [-0.4, -0.2) is 16.5 Å². The van der Waals surface area contributed by atoms with Crippen LogP contribution in [0.25, 0.3) is 0 Å². The molecule has 0 amide bonds. The first-order valence-corrected chi connectivity index (χ1v) is 6.66. The van der Waals surface area contributed by atoms with Gasteiger partial charge in [-0.1, -0.05) is 12.1 Å². The van der Waals surface area contributed by atoms with Gasteiger partial charge >= 0.3 is 5.69 Å². The second kappa shape index (κ2) is 6.69. The Balaban J connectivity index is 2.08. The molecule has 1 aromatic carbocycles. The number of pyridine rings is 1. The minimum absolute atomic E-state index is 0.0298. The van der Waals surface area contributed by atoms with Crippen molar-refractivity contribution < 1.29 is 9.66 Å². The molecule has 0 fully saturated rings. The molecular weight excluding hydrogens is 270 g/mol. The zero-order chi connectivity index (χ0) is 15.2. The summed E-state index contributed by atoms with van der Waals surface area (Å²) in [4.78, 5) is 14.8. The molecule has 0 spiro atoms.